The summed E-state index contributed by atoms with van der Waals surface area (Å²) < 4.78 is 42.9. The van der Waals surface area contributed by atoms with E-state index in [0.29, 0.717) is 29.3 Å². The third-order valence-corrected chi connectivity index (χ3v) is 11.8. The summed E-state index contributed by atoms with van der Waals surface area (Å²) in [7, 11) is 0. The summed E-state index contributed by atoms with van der Waals surface area (Å²) in [6.45, 7) is 29.3. The van der Waals surface area contributed by atoms with Crippen LogP contribution in [0, 0.1) is 29.1 Å². The second-order valence-electron chi connectivity index (χ2n) is 20.2. The number of carbonyl (C=O) groups is 2. The van der Waals surface area contributed by atoms with Crippen LogP contribution in [0.1, 0.15) is 87.1 Å². The summed E-state index contributed by atoms with van der Waals surface area (Å²) in [6, 6.07) is 6.40. The molecule has 0 radical (unpaired) electrons. The Labute approximate surface area is 413 Å². The van der Waals surface area contributed by atoms with E-state index in [4.69, 9.17) is 38.9 Å². The number of nitrogens with zero attached hydrogens (tertiary/aromatic N) is 1. The number of nitrogens with one attached hydrogen (secondary N) is 6. The Morgan fingerprint density at radius 2 is 1.49 bits per heavy atom. The molecule has 2 amide bonds. The average molecular weight is 985 g/mol. The van der Waals surface area contributed by atoms with Crippen molar-refractivity contribution in [3.63, 3.8) is 0 Å². The fourth-order valence-corrected chi connectivity index (χ4v) is 8.43. The van der Waals surface area contributed by atoms with E-state index in [2.05, 4.69) is 57.7 Å². The fraction of sp³-hybridized carbons (Fsp3) is 0.660. The summed E-state index contributed by atoms with van der Waals surface area (Å²) in [4.78, 5) is 26.3. The lowest BCUT2D eigenvalue weighted by molar-refractivity contribution is -0.294. The van der Waals surface area contributed by atoms with E-state index in [0.717, 1.165) is 0 Å². The van der Waals surface area contributed by atoms with Crippen molar-refractivity contribution in [2.24, 2.45) is 17.8 Å². The van der Waals surface area contributed by atoms with Gasteiger partial charge in [-0.2, -0.15) is 5.26 Å². The van der Waals surface area contributed by atoms with Crippen molar-refractivity contribution >= 4 is 17.7 Å². The van der Waals surface area contributed by atoms with Gasteiger partial charge in [0.1, 0.15) is 53.9 Å². The number of aliphatic hydroxyl groups is 3. The van der Waals surface area contributed by atoms with Crippen molar-refractivity contribution in [1.29, 1.82) is 5.26 Å². The quantitative estimate of drug-likeness (QED) is 0.0526. The number of hydrogen-bond acceptors (Lipinski definition) is 18. The van der Waals surface area contributed by atoms with E-state index in [1.165, 1.54) is 6.92 Å². The number of carbonyl (C=O) groups excluding carboxylic acids is 2. The van der Waals surface area contributed by atoms with Crippen molar-refractivity contribution in [2.75, 3.05) is 38.5 Å². The summed E-state index contributed by atoms with van der Waals surface area (Å²) in [5.74, 6) is -0.351. The average Bonchev–Trinajstić information content (AvgIpc) is 3.26. The first-order valence-corrected chi connectivity index (χ1v) is 24.0. The van der Waals surface area contributed by atoms with Crippen LogP contribution < -0.4 is 37.6 Å². The zero-order valence-electron chi connectivity index (χ0n) is 42.4. The number of aliphatic hydroxyl groups excluding tert-OH is 3. The minimum Gasteiger partial charge on any atom is -0.474 e. The van der Waals surface area contributed by atoms with Gasteiger partial charge in [0, 0.05) is 37.9 Å². The molecule has 2 heterocycles. The molecule has 4 rings (SSSR count). The van der Waals surface area contributed by atoms with Crippen LogP contribution in [0.25, 0.3) is 0 Å². The van der Waals surface area contributed by atoms with Gasteiger partial charge in [0.2, 0.25) is 12.2 Å². The number of nitrogens with two attached hydrogens (primary N) is 1. The zero-order valence-corrected chi connectivity index (χ0v) is 42.4. The van der Waals surface area contributed by atoms with Gasteiger partial charge in [-0.3, -0.25) is 4.79 Å². The third-order valence-electron chi connectivity index (χ3n) is 11.8. The third kappa shape index (κ3) is 18.5. The first kappa shape index (κ1) is 57.3. The van der Waals surface area contributed by atoms with Crippen LogP contribution in [-0.2, 0) is 44.6 Å². The largest absolute Gasteiger partial charge is 0.474 e. The Morgan fingerprint density at radius 3 is 2.07 bits per heavy atom. The Morgan fingerprint density at radius 1 is 0.886 bits per heavy atom. The van der Waals surface area contributed by atoms with Gasteiger partial charge in [-0.15, -0.1) is 0 Å². The van der Waals surface area contributed by atoms with Gasteiger partial charge in [-0.1, -0.05) is 39.0 Å². The molecule has 0 bridgehead atoms. The number of hydrogen-bond donors (Lipinski definition) is 10. The van der Waals surface area contributed by atoms with Crippen LogP contribution in [0.4, 0.5) is 10.5 Å². The lowest BCUT2D eigenvalue weighted by atomic mass is 9.82. The highest BCUT2D eigenvalue weighted by molar-refractivity contribution is 5.73. The van der Waals surface area contributed by atoms with Gasteiger partial charge in [0.25, 0.3) is 0 Å². The van der Waals surface area contributed by atoms with Crippen LogP contribution >= 0.6 is 0 Å². The van der Waals surface area contributed by atoms with E-state index >= 15 is 0 Å². The monoisotopic (exact) mass is 985 g/mol. The molecule has 1 saturated carbocycles. The van der Waals surface area contributed by atoms with Gasteiger partial charge < -0.3 is 86.1 Å². The van der Waals surface area contributed by atoms with Crippen LogP contribution in [0.15, 0.2) is 73.3 Å². The maximum absolute atomic E-state index is 13.7. The van der Waals surface area contributed by atoms with Gasteiger partial charge in [-0.25, -0.2) is 4.79 Å². The van der Waals surface area contributed by atoms with Crippen molar-refractivity contribution in [3.8, 4) is 6.07 Å². The molecule has 3 aliphatic rings. The molecule has 1 aromatic rings. The molecule has 20 heteroatoms. The predicted molar refractivity (Wildman–Crippen MR) is 262 cm³/mol. The standard InChI is InChI=1S/C50H80N8O12/c1-13-38-28(2)26-64-47(42(38)61)68-44-40(56-29(3)34(21-51)22-54-31(5)69-49(7,8)9)20-41(58-48(63)65-27-33-14-16-35(52)17-15-33)45(43(44)62)67-46-39(57-30(4)59)19-18-37(66-46)25-53-23-36(60)24-55-32(6)70-50(10,11)12/h14-18,28,34,36,38-47,53-56,60-62H,3,5-6,13,19-20,22-27,52H2,1-2,4,7-12H3,(H,57,59)(H,58,63)/t28-,34+,36?,38+,39-,40-,41+,42?,43-,44+,45-,46-,47?/m1/s1. The first-order chi connectivity index (χ1) is 32.9. The number of rotatable bonds is 24. The summed E-state index contributed by atoms with van der Waals surface area (Å²) in [5, 5.41) is 63.4. The number of nitrogen functional groups attached to an aromatic ring is 1. The normalized spacial score (nSPS) is 27.7. The molecule has 2 fully saturated rings. The van der Waals surface area contributed by atoms with Gasteiger partial charge >= 0.3 is 6.09 Å². The minimum atomic E-state index is -1.59. The van der Waals surface area contributed by atoms with E-state index < -0.39 is 84.4 Å². The van der Waals surface area contributed by atoms with Gasteiger partial charge in [-0.05, 0) is 103 Å². The topological polar surface area (TPSA) is 281 Å². The number of alkyl carbamates (subject to hydrolysis) is 1. The van der Waals surface area contributed by atoms with E-state index in [9.17, 15) is 30.2 Å². The molecule has 3 unspecified atom stereocenters. The molecular weight excluding hydrogens is 905 g/mol. The number of amides is 2. The maximum Gasteiger partial charge on any atom is 0.407 e. The second kappa shape index (κ2) is 26.3. The summed E-state index contributed by atoms with van der Waals surface area (Å²) in [6.07, 6.45) is -6.56. The van der Waals surface area contributed by atoms with Crippen molar-refractivity contribution in [2.45, 2.75) is 161 Å². The van der Waals surface area contributed by atoms with E-state index in [-0.39, 0.29) is 81.6 Å². The van der Waals surface area contributed by atoms with Crippen molar-refractivity contribution in [1.82, 2.24) is 31.9 Å². The summed E-state index contributed by atoms with van der Waals surface area (Å²) >= 11 is 0. The van der Waals surface area contributed by atoms with E-state index in [1.807, 2.05) is 55.4 Å². The van der Waals surface area contributed by atoms with Gasteiger partial charge in [0.05, 0.1) is 43.5 Å². The minimum absolute atomic E-state index is 0.00879. The number of ether oxygens (including phenoxy) is 7. The molecular formula is C50H80N8O12. The Hall–Kier alpha value is -5.27. The SMILES string of the molecule is C=C(NCC(O)CNCC1=CC[C@@H](NC(C)=O)[C@@H](O[C@H]2[C@H](O)[C@@H](OC3OC[C@@H](C)[C@H](CC)C3O)[C@H](NC(=C)[C@@H](C#N)CNC(=C)OC(C)(C)C)C[C@@H]2NC(=O)OCc2ccc(N)cc2)O1)OC(C)(C)C. The van der Waals surface area contributed by atoms with E-state index in [1.54, 1.807) is 30.3 Å². The molecule has 11 N–H and O–H groups in total. The Balaban J connectivity index is 1.63. The van der Waals surface area contributed by atoms with Crippen molar-refractivity contribution in [3.05, 3.63) is 78.9 Å². The molecule has 392 valence electrons. The highest BCUT2D eigenvalue weighted by atomic mass is 16.7. The Bertz CT molecular complexity index is 1970. The Kier molecular flexibility index (Phi) is 21.5. The molecule has 13 atom stereocenters. The number of anilines is 1. The predicted octanol–water partition coefficient (Wildman–Crippen LogP) is 3.23. The fourth-order valence-electron chi connectivity index (χ4n) is 8.43. The molecule has 1 aliphatic carbocycles. The van der Waals surface area contributed by atoms with Crippen molar-refractivity contribution < 1.29 is 58.1 Å². The molecule has 1 aromatic carbocycles. The lowest BCUT2D eigenvalue weighted by Gasteiger charge is -2.49. The molecule has 1 saturated heterocycles. The smallest absolute Gasteiger partial charge is 0.407 e. The van der Waals surface area contributed by atoms with Crippen LogP contribution in [-0.4, -0.2) is 133 Å². The lowest BCUT2D eigenvalue weighted by Crippen LogP contribution is -2.67. The molecule has 20 nitrogen and oxygen atoms in total. The molecule has 2 aliphatic heterocycles. The molecule has 70 heavy (non-hydrogen) atoms. The van der Waals surface area contributed by atoms with Crippen LogP contribution in [0.3, 0.4) is 0 Å². The molecule has 0 spiro atoms. The highest BCUT2D eigenvalue weighted by Crippen LogP contribution is 2.35. The summed E-state index contributed by atoms with van der Waals surface area (Å²) in [5.41, 5.74) is 6.33. The zero-order chi connectivity index (χ0) is 51.9. The number of nitriles is 1. The van der Waals surface area contributed by atoms with Crippen LogP contribution in [0.5, 0.6) is 0 Å². The first-order valence-electron chi connectivity index (χ1n) is 24.0. The van der Waals surface area contributed by atoms with Gasteiger partial charge in [0.15, 0.2) is 18.1 Å². The van der Waals surface area contributed by atoms with Crippen LogP contribution in [0.2, 0.25) is 0 Å². The number of benzene rings is 1. The second-order valence-corrected chi connectivity index (χ2v) is 20.2. The highest BCUT2D eigenvalue weighted by Gasteiger charge is 2.51. The maximum atomic E-state index is 13.7. The molecule has 0 aromatic heterocycles.